The molecular weight excluding hydrogens is 524 g/mol. The molecule has 3 aliphatic rings. The standard InChI is InChI=1S/C33H44O8/c1-10-11-14-30(6,7)19-13-12-18-16(4)31(8)23(26(37)21(18)24(19)35)28(39)33(41)27(38)20(17(5)34)25(36)22(15(2)3)32(33,9)29(31)40/h12-13,15-16,20,22-23,29,35,40-41H,10-11,14H2,1-9H3/t16-,20?,22?,23?,29-,31+,32+,33+/m1/s1. The van der Waals surface area contributed by atoms with Crippen molar-refractivity contribution in [2.45, 2.75) is 105 Å². The number of hydrogen-bond donors (Lipinski definition) is 3. The Labute approximate surface area is 241 Å². The molecule has 0 radical (unpaired) electrons. The first-order chi connectivity index (χ1) is 18.8. The van der Waals surface area contributed by atoms with Crippen molar-refractivity contribution in [3.05, 3.63) is 28.8 Å². The first kappa shape index (κ1) is 31.2. The van der Waals surface area contributed by atoms with Crippen LogP contribution in [0.1, 0.15) is 109 Å². The summed E-state index contributed by atoms with van der Waals surface area (Å²) in [6.07, 6.45) is 0.942. The van der Waals surface area contributed by atoms with Gasteiger partial charge in [0.2, 0.25) is 0 Å². The van der Waals surface area contributed by atoms with Crippen LogP contribution in [0.5, 0.6) is 5.75 Å². The Morgan fingerprint density at radius 2 is 1.66 bits per heavy atom. The van der Waals surface area contributed by atoms with E-state index < -0.39 is 86.5 Å². The molecule has 0 saturated heterocycles. The van der Waals surface area contributed by atoms with Crippen LogP contribution in [0.2, 0.25) is 0 Å². The summed E-state index contributed by atoms with van der Waals surface area (Å²) in [5.41, 5.74) is -6.00. The molecular formula is C33H44O8. The fraction of sp³-hybridized carbons (Fsp3) is 0.667. The van der Waals surface area contributed by atoms with Crippen molar-refractivity contribution >= 4 is 28.9 Å². The second kappa shape index (κ2) is 9.66. The van der Waals surface area contributed by atoms with Crippen molar-refractivity contribution in [1.82, 2.24) is 0 Å². The monoisotopic (exact) mass is 568 g/mol. The summed E-state index contributed by atoms with van der Waals surface area (Å²) >= 11 is 0. The molecule has 4 rings (SSSR count). The lowest BCUT2D eigenvalue weighted by Gasteiger charge is -2.65. The molecule has 41 heavy (non-hydrogen) atoms. The maximum atomic E-state index is 14.5. The average molecular weight is 569 g/mol. The third kappa shape index (κ3) is 3.68. The summed E-state index contributed by atoms with van der Waals surface area (Å²) in [4.78, 5) is 68.9. The molecule has 0 bridgehead atoms. The van der Waals surface area contributed by atoms with Crippen molar-refractivity contribution in [2.75, 3.05) is 0 Å². The van der Waals surface area contributed by atoms with Gasteiger partial charge in [-0.05, 0) is 36.2 Å². The van der Waals surface area contributed by atoms with E-state index in [1.54, 1.807) is 39.8 Å². The van der Waals surface area contributed by atoms with Crippen molar-refractivity contribution < 1.29 is 39.3 Å². The number of aliphatic hydroxyl groups excluding tert-OH is 1. The van der Waals surface area contributed by atoms with Gasteiger partial charge in [0.25, 0.3) is 0 Å². The lowest BCUT2D eigenvalue weighted by molar-refractivity contribution is -0.240. The first-order valence-corrected chi connectivity index (χ1v) is 14.7. The molecule has 3 aliphatic carbocycles. The number of Topliss-reactive ketones (excluding diaryl/α,β-unsaturated/α-hetero) is 5. The molecule has 8 atom stereocenters. The minimum absolute atomic E-state index is 0.0438. The Bertz CT molecular complexity index is 1360. The molecule has 0 aliphatic heterocycles. The van der Waals surface area contributed by atoms with E-state index in [1.807, 2.05) is 13.8 Å². The van der Waals surface area contributed by atoms with Crippen LogP contribution in [0.4, 0.5) is 0 Å². The third-order valence-corrected chi connectivity index (χ3v) is 11.1. The topological polar surface area (TPSA) is 146 Å². The van der Waals surface area contributed by atoms with E-state index in [0.29, 0.717) is 11.1 Å². The molecule has 1 aromatic carbocycles. The molecule has 224 valence electrons. The number of carbonyl (C=O) groups is 5. The Morgan fingerprint density at radius 3 is 2.17 bits per heavy atom. The second-order valence-corrected chi connectivity index (χ2v) is 14.1. The van der Waals surface area contributed by atoms with Gasteiger partial charge in [0, 0.05) is 22.3 Å². The highest BCUT2D eigenvalue weighted by molar-refractivity contribution is 6.33. The summed E-state index contributed by atoms with van der Waals surface area (Å²) in [6, 6.07) is 3.54. The molecule has 3 unspecified atom stereocenters. The Kier molecular flexibility index (Phi) is 7.36. The van der Waals surface area contributed by atoms with Crippen LogP contribution in [0, 0.1) is 34.5 Å². The van der Waals surface area contributed by atoms with Crippen LogP contribution in [-0.4, -0.2) is 55.9 Å². The number of ketones is 5. The quantitative estimate of drug-likeness (QED) is 0.435. The zero-order valence-corrected chi connectivity index (χ0v) is 25.6. The molecule has 2 saturated carbocycles. The predicted molar refractivity (Wildman–Crippen MR) is 152 cm³/mol. The minimum Gasteiger partial charge on any atom is -0.507 e. The highest BCUT2D eigenvalue weighted by Gasteiger charge is 2.80. The summed E-state index contributed by atoms with van der Waals surface area (Å²) < 4.78 is 0. The highest BCUT2D eigenvalue weighted by atomic mass is 16.3. The minimum atomic E-state index is -2.96. The lowest BCUT2D eigenvalue weighted by Crippen LogP contribution is -2.81. The van der Waals surface area contributed by atoms with Gasteiger partial charge in [0.1, 0.15) is 17.5 Å². The number of fused-ring (bicyclic) bond motifs is 3. The van der Waals surface area contributed by atoms with Gasteiger partial charge >= 0.3 is 0 Å². The van der Waals surface area contributed by atoms with E-state index in [1.165, 1.54) is 6.92 Å². The number of carbonyl (C=O) groups excluding carboxylic acids is 5. The second-order valence-electron chi connectivity index (χ2n) is 14.1. The maximum Gasteiger partial charge on any atom is 0.191 e. The zero-order valence-electron chi connectivity index (χ0n) is 25.6. The van der Waals surface area contributed by atoms with E-state index in [-0.39, 0.29) is 11.3 Å². The smallest absolute Gasteiger partial charge is 0.191 e. The van der Waals surface area contributed by atoms with E-state index in [2.05, 4.69) is 6.92 Å². The zero-order chi connectivity index (χ0) is 31.2. The van der Waals surface area contributed by atoms with Crippen LogP contribution in [-0.2, 0) is 24.6 Å². The van der Waals surface area contributed by atoms with E-state index in [4.69, 9.17) is 0 Å². The molecule has 3 N–H and O–H groups in total. The predicted octanol–water partition coefficient (Wildman–Crippen LogP) is 4.09. The van der Waals surface area contributed by atoms with Gasteiger partial charge in [-0.3, -0.25) is 24.0 Å². The molecule has 0 aromatic heterocycles. The number of unbranched alkanes of at least 4 members (excludes halogenated alkanes) is 1. The normalized spacial score (nSPS) is 37.1. The number of benzene rings is 1. The van der Waals surface area contributed by atoms with Crippen molar-refractivity contribution in [3.8, 4) is 5.75 Å². The van der Waals surface area contributed by atoms with E-state index in [0.717, 1.165) is 26.2 Å². The van der Waals surface area contributed by atoms with Crippen molar-refractivity contribution in [1.29, 1.82) is 0 Å². The Hall–Kier alpha value is -2.71. The molecule has 1 aromatic rings. The van der Waals surface area contributed by atoms with Crippen LogP contribution in [0.25, 0.3) is 0 Å². The fourth-order valence-electron chi connectivity index (χ4n) is 8.65. The molecule has 0 amide bonds. The number of hydrogen-bond acceptors (Lipinski definition) is 8. The highest BCUT2D eigenvalue weighted by Crippen LogP contribution is 2.66. The third-order valence-electron chi connectivity index (χ3n) is 11.1. The number of aliphatic hydroxyl groups is 2. The average Bonchev–Trinajstić information content (AvgIpc) is 2.87. The number of phenols is 1. The van der Waals surface area contributed by atoms with Gasteiger partial charge in [-0.1, -0.05) is 80.4 Å². The summed E-state index contributed by atoms with van der Waals surface area (Å²) in [5.74, 6) is -11.0. The Balaban J connectivity index is 2.01. The molecule has 8 heteroatoms. The number of aromatic hydroxyl groups is 1. The number of rotatable bonds is 6. The lowest BCUT2D eigenvalue weighted by atomic mass is 9.37. The van der Waals surface area contributed by atoms with Gasteiger partial charge in [-0.15, -0.1) is 0 Å². The summed E-state index contributed by atoms with van der Waals surface area (Å²) in [7, 11) is 0. The first-order valence-electron chi connectivity index (χ1n) is 14.7. The van der Waals surface area contributed by atoms with Crippen molar-refractivity contribution in [2.24, 2.45) is 34.5 Å². The van der Waals surface area contributed by atoms with Gasteiger partial charge in [-0.2, -0.15) is 0 Å². The SMILES string of the molecule is CCCCC(C)(C)c1ccc2c(c1O)C(=O)C1C(=O)[C@@]3(O)C(=O)C(C(C)=O)C(=O)C(C(C)C)[C@@]3(C)[C@H](O)[C@@]1(C)[C@@H]2C. The summed E-state index contributed by atoms with van der Waals surface area (Å²) in [6.45, 7) is 15.1. The fourth-order valence-corrected chi connectivity index (χ4v) is 8.65. The van der Waals surface area contributed by atoms with Crippen molar-refractivity contribution in [3.63, 3.8) is 0 Å². The maximum absolute atomic E-state index is 14.5. The van der Waals surface area contributed by atoms with Gasteiger partial charge in [-0.25, -0.2) is 0 Å². The van der Waals surface area contributed by atoms with Gasteiger partial charge < -0.3 is 15.3 Å². The molecule has 0 heterocycles. The molecule has 8 nitrogen and oxygen atoms in total. The Morgan fingerprint density at radius 1 is 1.07 bits per heavy atom. The molecule has 2 fully saturated rings. The van der Waals surface area contributed by atoms with Crippen LogP contribution < -0.4 is 0 Å². The van der Waals surface area contributed by atoms with Gasteiger partial charge in [0.15, 0.2) is 28.7 Å². The van der Waals surface area contributed by atoms with Crippen LogP contribution in [0.3, 0.4) is 0 Å². The largest absolute Gasteiger partial charge is 0.507 e. The van der Waals surface area contributed by atoms with Gasteiger partial charge in [0.05, 0.1) is 17.6 Å². The van der Waals surface area contributed by atoms with E-state index >= 15 is 0 Å². The summed E-state index contributed by atoms with van der Waals surface area (Å²) in [5, 5.41) is 36.0. The number of phenolic OH excluding ortho intramolecular Hbond substituents is 1. The molecule has 0 spiro atoms. The van der Waals surface area contributed by atoms with E-state index in [9.17, 15) is 39.3 Å². The van der Waals surface area contributed by atoms with Crippen LogP contribution in [0.15, 0.2) is 12.1 Å². The van der Waals surface area contributed by atoms with Crippen LogP contribution >= 0.6 is 0 Å².